The van der Waals surface area contributed by atoms with E-state index < -0.39 is 0 Å². The Morgan fingerprint density at radius 2 is 2.00 bits per heavy atom. The molecule has 0 bridgehead atoms. The van der Waals surface area contributed by atoms with Gasteiger partial charge in [-0.2, -0.15) is 0 Å². The van der Waals surface area contributed by atoms with Crippen LogP contribution in [-0.2, 0) is 9.47 Å². The van der Waals surface area contributed by atoms with Crippen LogP contribution in [0.2, 0.25) is 0 Å². The Bertz CT molecular complexity index is 201. The van der Waals surface area contributed by atoms with Crippen LogP contribution >= 0.6 is 0 Å². The highest BCUT2D eigenvalue weighted by molar-refractivity contribution is 4.84. The molecule has 2 fully saturated rings. The molecule has 2 unspecified atom stereocenters. The van der Waals surface area contributed by atoms with Crippen molar-refractivity contribution in [3.8, 4) is 0 Å². The highest BCUT2D eigenvalue weighted by Gasteiger charge is 2.43. The summed E-state index contributed by atoms with van der Waals surface area (Å²) >= 11 is 0. The Morgan fingerprint density at radius 1 is 1.27 bits per heavy atom. The molecule has 1 N–H and O–H groups in total. The lowest BCUT2D eigenvalue weighted by Crippen LogP contribution is -2.37. The van der Waals surface area contributed by atoms with Crippen molar-refractivity contribution in [3.05, 3.63) is 0 Å². The van der Waals surface area contributed by atoms with Crippen LogP contribution in [0.25, 0.3) is 0 Å². The van der Waals surface area contributed by atoms with Gasteiger partial charge in [0, 0.05) is 12.5 Å². The van der Waals surface area contributed by atoms with Crippen LogP contribution in [0.5, 0.6) is 0 Å². The number of hydrogen-bond donors (Lipinski definition) is 1. The monoisotopic (exact) mass is 214 g/mol. The summed E-state index contributed by atoms with van der Waals surface area (Å²) in [6, 6.07) is 0. The standard InChI is InChI=1S/C12H22O3/c1-12(10-5-3-2-4-6-10)14-9-11(15-12)7-8-13/h10-11,13H,2-9H2,1H3. The predicted molar refractivity (Wildman–Crippen MR) is 57.5 cm³/mol. The third-order valence-electron chi connectivity index (χ3n) is 3.75. The Balaban J connectivity index is 1.89. The molecule has 1 aliphatic carbocycles. The van der Waals surface area contributed by atoms with E-state index in [1.807, 2.05) is 0 Å². The second kappa shape index (κ2) is 4.81. The predicted octanol–water partition coefficient (Wildman–Crippen LogP) is 2.08. The number of rotatable bonds is 3. The number of ether oxygens (including phenoxy) is 2. The Labute approximate surface area is 91.8 Å². The van der Waals surface area contributed by atoms with E-state index in [0.717, 1.165) is 0 Å². The topological polar surface area (TPSA) is 38.7 Å². The fourth-order valence-electron chi connectivity index (χ4n) is 2.78. The molecule has 0 aromatic rings. The minimum Gasteiger partial charge on any atom is -0.396 e. The van der Waals surface area contributed by atoms with E-state index in [1.54, 1.807) is 0 Å². The molecule has 0 radical (unpaired) electrons. The van der Waals surface area contributed by atoms with E-state index in [4.69, 9.17) is 14.6 Å². The van der Waals surface area contributed by atoms with Crippen LogP contribution in [0.1, 0.15) is 45.4 Å². The van der Waals surface area contributed by atoms with Gasteiger partial charge < -0.3 is 14.6 Å². The molecule has 1 heterocycles. The molecular formula is C12H22O3. The van der Waals surface area contributed by atoms with Gasteiger partial charge in [0.05, 0.1) is 12.7 Å². The molecule has 2 atom stereocenters. The Hall–Kier alpha value is -0.120. The van der Waals surface area contributed by atoms with E-state index in [-0.39, 0.29) is 18.5 Å². The van der Waals surface area contributed by atoms with Gasteiger partial charge in [0.2, 0.25) is 0 Å². The number of aliphatic hydroxyl groups is 1. The summed E-state index contributed by atoms with van der Waals surface area (Å²) in [6.07, 6.45) is 7.21. The zero-order valence-electron chi connectivity index (χ0n) is 9.58. The first kappa shape index (κ1) is 11.4. The average Bonchev–Trinajstić information content (AvgIpc) is 2.64. The maximum atomic E-state index is 8.87. The molecular weight excluding hydrogens is 192 g/mol. The first-order chi connectivity index (χ1) is 7.24. The second-order valence-corrected chi connectivity index (χ2v) is 4.91. The summed E-state index contributed by atoms with van der Waals surface area (Å²) < 4.78 is 11.8. The molecule has 3 nitrogen and oxygen atoms in total. The summed E-state index contributed by atoms with van der Waals surface area (Å²) in [6.45, 7) is 2.91. The summed E-state index contributed by atoms with van der Waals surface area (Å²) in [5.74, 6) is 0.176. The fourth-order valence-corrected chi connectivity index (χ4v) is 2.78. The smallest absolute Gasteiger partial charge is 0.168 e. The van der Waals surface area contributed by atoms with Gasteiger partial charge in [0.25, 0.3) is 0 Å². The second-order valence-electron chi connectivity index (χ2n) is 4.91. The van der Waals surface area contributed by atoms with Gasteiger partial charge in [-0.1, -0.05) is 19.3 Å². The molecule has 0 amide bonds. The molecule has 88 valence electrons. The first-order valence-electron chi connectivity index (χ1n) is 6.17. The van der Waals surface area contributed by atoms with Crippen LogP contribution in [-0.4, -0.2) is 30.2 Å². The van der Waals surface area contributed by atoms with E-state index in [1.165, 1.54) is 32.1 Å². The number of aliphatic hydroxyl groups excluding tert-OH is 1. The molecule has 0 aromatic carbocycles. The zero-order chi connectivity index (χ0) is 10.7. The Kier molecular flexibility index (Phi) is 3.65. The molecule has 1 saturated heterocycles. The molecule has 0 spiro atoms. The lowest BCUT2D eigenvalue weighted by molar-refractivity contribution is -0.198. The van der Waals surface area contributed by atoms with Crippen LogP contribution in [0.4, 0.5) is 0 Å². The SMILES string of the molecule is CC1(C2CCCCC2)OCC(CCO)O1. The third kappa shape index (κ3) is 2.52. The van der Waals surface area contributed by atoms with Crippen LogP contribution in [0.15, 0.2) is 0 Å². The summed E-state index contributed by atoms with van der Waals surface area (Å²) in [5, 5.41) is 8.87. The van der Waals surface area contributed by atoms with Crippen molar-refractivity contribution in [2.75, 3.05) is 13.2 Å². The van der Waals surface area contributed by atoms with Crippen LogP contribution < -0.4 is 0 Å². The lowest BCUT2D eigenvalue weighted by atomic mass is 9.84. The van der Waals surface area contributed by atoms with E-state index in [2.05, 4.69) is 6.92 Å². The average molecular weight is 214 g/mol. The molecule has 15 heavy (non-hydrogen) atoms. The summed E-state index contributed by atoms with van der Waals surface area (Å²) in [4.78, 5) is 0. The van der Waals surface area contributed by atoms with Gasteiger partial charge in [0.15, 0.2) is 5.79 Å². The highest BCUT2D eigenvalue weighted by atomic mass is 16.7. The molecule has 2 rings (SSSR count). The van der Waals surface area contributed by atoms with Gasteiger partial charge in [-0.25, -0.2) is 0 Å². The van der Waals surface area contributed by atoms with Crippen molar-refractivity contribution in [1.82, 2.24) is 0 Å². The quantitative estimate of drug-likeness (QED) is 0.781. The van der Waals surface area contributed by atoms with Crippen molar-refractivity contribution in [1.29, 1.82) is 0 Å². The first-order valence-corrected chi connectivity index (χ1v) is 6.17. The van der Waals surface area contributed by atoms with Crippen LogP contribution in [0, 0.1) is 5.92 Å². The molecule has 3 heteroatoms. The fraction of sp³-hybridized carbons (Fsp3) is 1.00. The molecule has 1 aliphatic heterocycles. The van der Waals surface area contributed by atoms with Crippen molar-refractivity contribution >= 4 is 0 Å². The zero-order valence-corrected chi connectivity index (χ0v) is 9.58. The van der Waals surface area contributed by atoms with Crippen LogP contribution in [0.3, 0.4) is 0 Å². The number of hydrogen-bond acceptors (Lipinski definition) is 3. The molecule has 1 saturated carbocycles. The maximum Gasteiger partial charge on any atom is 0.168 e. The molecule has 0 aromatic heterocycles. The van der Waals surface area contributed by atoms with E-state index in [0.29, 0.717) is 18.9 Å². The van der Waals surface area contributed by atoms with E-state index in [9.17, 15) is 0 Å². The Morgan fingerprint density at radius 3 is 2.67 bits per heavy atom. The summed E-state index contributed by atoms with van der Waals surface area (Å²) in [5.41, 5.74) is 0. The van der Waals surface area contributed by atoms with Crippen molar-refractivity contribution in [2.45, 2.75) is 57.3 Å². The highest BCUT2D eigenvalue weighted by Crippen LogP contribution is 2.39. The van der Waals surface area contributed by atoms with E-state index >= 15 is 0 Å². The summed E-state index contributed by atoms with van der Waals surface area (Å²) in [7, 11) is 0. The third-order valence-corrected chi connectivity index (χ3v) is 3.75. The lowest BCUT2D eigenvalue weighted by Gasteiger charge is -2.35. The van der Waals surface area contributed by atoms with Crippen molar-refractivity contribution in [3.63, 3.8) is 0 Å². The van der Waals surface area contributed by atoms with Gasteiger partial charge in [-0.3, -0.25) is 0 Å². The van der Waals surface area contributed by atoms with Crippen molar-refractivity contribution in [2.24, 2.45) is 5.92 Å². The van der Waals surface area contributed by atoms with Gasteiger partial charge >= 0.3 is 0 Å². The molecule has 2 aliphatic rings. The maximum absolute atomic E-state index is 8.87. The van der Waals surface area contributed by atoms with Crippen molar-refractivity contribution < 1.29 is 14.6 Å². The largest absolute Gasteiger partial charge is 0.396 e. The van der Waals surface area contributed by atoms with Gasteiger partial charge in [-0.05, 0) is 26.2 Å². The normalized spacial score (nSPS) is 38.4. The van der Waals surface area contributed by atoms with Gasteiger partial charge in [0.1, 0.15) is 0 Å². The minimum atomic E-state index is -0.375. The minimum absolute atomic E-state index is 0.0990. The van der Waals surface area contributed by atoms with Gasteiger partial charge in [-0.15, -0.1) is 0 Å².